The van der Waals surface area contributed by atoms with Crippen LogP contribution < -0.4 is 9.47 Å². The van der Waals surface area contributed by atoms with Crippen molar-refractivity contribution in [1.29, 1.82) is 0 Å². The fourth-order valence-corrected chi connectivity index (χ4v) is 3.79. The standard InChI is InChI=1S/C27H30O6/c1-5-9-21-23(13-12-20(17(4)28)26(21)29)32-25(6-2)33-24-15-19-11-8-7-10-18(19)14-22(24)16(3)27(30)31/h7-8,10-16,25,29H,5-6,9H2,1-4H3,(H,30,31). The lowest BCUT2D eigenvalue weighted by atomic mass is 9.96. The van der Waals surface area contributed by atoms with E-state index in [1.54, 1.807) is 19.1 Å². The zero-order chi connectivity index (χ0) is 24.1. The number of carbonyl (C=O) groups excluding carboxylic acids is 1. The first-order valence-electron chi connectivity index (χ1n) is 11.2. The molecule has 6 heteroatoms. The summed E-state index contributed by atoms with van der Waals surface area (Å²) in [6.45, 7) is 6.91. The Balaban J connectivity index is 1.99. The van der Waals surface area contributed by atoms with Gasteiger partial charge in [-0.1, -0.05) is 44.5 Å². The van der Waals surface area contributed by atoms with Crippen molar-refractivity contribution in [1.82, 2.24) is 0 Å². The molecule has 2 unspecified atom stereocenters. The minimum Gasteiger partial charge on any atom is -0.507 e. The van der Waals surface area contributed by atoms with E-state index in [9.17, 15) is 19.8 Å². The summed E-state index contributed by atoms with van der Waals surface area (Å²) in [6.07, 6.45) is 1.06. The molecule has 0 heterocycles. The highest BCUT2D eigenvalue weighted by atomic mass is 16.7. The second-order valence-corrected chi connectivity index (χ2v) is 8.12. The lowest BCUT2D eigenvalue weighted by Gasteiger charge is -2.24. The Bertz CT molecular complexity index is 1170. The lowest BCUT2D eigenvalue weighted by molar-refractivity contribution is -0.138. The van der Waals surface area contributed by atoms with E-state index in [1.807, 2.05) is 50.2 Å². The van der Waals surface area contributed by atoms with Crippen LogP contribution in [0.15, 0.2) is 48.5 Å². The monoisotopic (exact) mass is 450 g/mol. The van der Waals surface area contributed by atoms with E-state index >= 15 is 0 Å². The molecule has 6 nitrogen and oxygen atoms in total. The van der Waals surface area contributed by atoms with E-state index in [4.69, 9.17) is 9.47 Å². The van der Waals surface area contributed by atoms with E-state index in [0.29, 0.717) is 35.5 Å². The molecule has 0 aromatic heterocycles. The molecule has 2 N–H and O–H groups in total. The summed E-state index contributed by atoms with van der Waals surface area (Å²) in [4.78, 5) is 23.6. The van der Waals surface area contributed by atoms with Crippen molar-refractivity contribution in [2.75, 3.05) is 0 Å². The van der Waals surface area contributed by atoms with Crippen molar-refractivity contribution >= 4 is 22.5 Å². The summed E-state index contributed by atoms with van der Waals surface area (Å²) in [5, 5.41) is 22.1. The number of phenols is 1. The maximum absolute atomic E-state index is 11.8. The molecular formula is C27H30O6. The van der Waals surface area contributed by atoms with Crippen LogP contribution in [-0.4, -0.2) is 28.3 Å². The summed E-state index contributed by atoms with van der Waals surface area (Å²) in [6, 6.07) is 14.6. The normalized spacial score (nSPS) is 12.8. The number of benzene rings is 3. The van der Waals surface area contributed by atoms with Crippen LogP contribution in [0.2, 0.25) is 0 Å². The zero-order valence-corrected chi connectivity index (χ0v) is 19.4. The van der Waals surface area contributed by atoms with E-state index in [1.165, 1.54) is 6.92 Å². The molecular weight excluding hydrogens is 420 g/mol. The number of ether oxygens (including phenoxy) is 2. The van der Waals surface area contributed by atoms with Crippen LogP contribution in [0.1, 0.15) is 67.9 Å². The number of carbonyl (C=O) groups is 2. The van der Waals surface area contributed by atoms with Crippen molar-refractivity contribution in [3.8, 4) is 17.2 Å². The summed E-state index contributed by atoms with van der Waals surface area (Å²) in [5.41, 5.74) is 1.38. The molecule has 0 saturated carbocycles. The molecule has 0 aliphatic carbocycles. The Hall–Kier alpha value is -3.54. The maximum Gasteiger partial charge on any atom is 0.310 e. The molecule has 174 valence electrons. The van der Waals surface area contributed by atoms with E-state index in [-0.39, 0.29) is 17.1 Å². The van der Waals surface area contributed by atoms with Crippen molar-refractivity contribution in [3.05, 3.63) is 65.2 Å². The Kier molecular flexibility index (Phi) is 7.59. The number of carboxylic acid groups (broad SMARTS) is 1. The maximum atomic E-state index is 11.8. The molecule has 0 fully saturated rings. The predicted molar refractivity (Wildman–Crippen MR) is 127 cm³/mol. The molecule has 33 heavy (non-hydrogen) atoms. The fraction of sp³-hybridized carbons (Fsp3) is 0.333. The second-order valence-electron chi connectivity index (χ2n) is 8.12. The largest absolute Gasteiger partial charge is 0.507 e. The third-order valence-electron chi connectivity index (χ3n) is 5.68. The van der Waals surface area contributed by atoms with Crippen molar-refractivity contribution in [3.63, 3.8) is 0 Å². The fourth-order valence-electron chi connectivity index (χ4n) is 3.79. The van der Waals surface area contributed by atoms with Crippen LogP contribution in [0.25, 0.3) is 10.8 Å². The van der Waals surface area contributed by atoms with E-state index < -0.39 is 18.2 Å². The SMILES string of the molecule is CCCc1c(OC(CC)Oc2cc3ccccc3cc2C(C)C(=O)O)ccc(C(C)=O)c1O. The molecule has 0 amide bonds. The second kappa shape index (κ2) is 10.4. The number of carboxylic acids is 1. The van der Waals surface area contributed by atoms with Gasteiger partial charge >= 0.3 is 5.97 Å². The van der Waals surface area contributed by atoms with Crippen molar-refractivity contribution in [2.45, 2.75) is 59.2 Å². The van der Waals surface area contributed by atoms with E-state index in [2.05, 4.69) is 0 Å². The number of aromatic hydroxyl groups is 1. The number of phenolic OH excluding ortho intramolecular Hbond substituents is 1. The topological polar surface area (TPSA) is 93.1 Å². The van der Waals surface area contributed by atoms with Crippen LogP contribution >= 0.6 is 0 Å². The van der Waals surface area contributed by atoms with Gasteiger partial charge in [0.05, 0.1) is 11.5 Å². The molecule has 3 aromatic carbocycles. The van der Waals surface area contributed by atoms with E-state index in [0.717, 1.165) is 17.2 Å². The third-order valence-corrected chi connectivity index (χ3v) is 5.68. The van der Waals surface area contributed by atoms with Crippen LogP contribution in [0, 0.1) is 0 Å². The Morgan fingerprint density at radius 3 is 2.18 bits per heavy atom. The Labute approximate surface area is 193 Å². The van der Waals surface area contributed by atoms with Crippen LogP contribution in [0.5, 0.6) is 17.2 Å². The van der Waals surface area contributed by atoms with Crippen molar-refractivity contribution < 1.29 is 29.3 Å². The summed E-state index contributed by atoms with van der Waals surface area (Å²) < 4.78 is 12.3. The predicted octanol–water partition coefficient (Wildman–Crippen LogP) is 6.08. The molecule has 0 aliphatic heterocycles. The zero-order valence-electron chi connectivity index (χ0n) is 19.4. The van der Waals surface area contributed by atoms with Gasteiger partial charge in [0.2, 0.25) is 6.29 Å². The Morgan fingerprint density at radius 2 is 1.61 bits per heavy atom. The van der Waals surface area contributed by atoms with Gasteiger partial charge in [0.25, 0.3) is 0 Å². The van der Waals surface area contributed by atoms with Crippen molar-refractivity contribution in [2.24, 2.45) is 0 Å². The van der Waals surface area contributed by atoms with Gasteiger partial charge in [-0.2, -0.15) is 0 Å². The smallest absolute Gasteiger partial charge is 0.310 e. The number of ketones is 1. The highest BCUT2D eigenvalue weighted by molar-refractivity contribution is 5.97. The van der Waals surface area contributed by atoms with Crippen LogP contribution in [-0.2, 0) is 11.2 Å². The molecule has 0 radical (unpaired) electrons. The third kappa shape index (κ3) is 5.28. The van der Waals surface area contributed by atoms with Gasteiger partial charge in [-0.15, -0.1) is 0 Å². The highest BCUT2D eigenvalue weighted by Crippen LogP contribution is 2.36. The quantitative estimate of drug-likeness (QED) is 0.287. The molecule has 3 aromatic rings. The summed E-state index contributed by atoms with van der Waals surface area (Å²) in [5.74, 6) is -1.11. The number of rotatable bonds is 10. The van der Waals surface area contributed by atoms with Gasteiger partial charge < -0.3 is 19.7 Å². The van der Waals surface area contributed by atoms with Gasteiger partial charge in [0.15, 0.2) is 5.78 Å². The number of hydrogen-bond acceptors (Lipinski definition) is 5. The van der Waals surface area contributed by atoms with Gasteiger partial charge in [0, 0.05) is 17.5 Å². The summed E-state index contributed by atoms with van der Waals surface area (Å²) >= 11 is 0. The minimum atomic E-state index is -0.945. The first-order chi connectivity index (χ1) is 15.8. The molecule has 0 saturated heterocycles. The first-order valence-corrected chi connectivity index (χ1v) is 11.2. The van der Waals surface area contributed by atoms with Gasteiger partial charge in [0.1, 0.15) is 17.2 Å². The molecule has 0 bridgehead atoms. The van der Waals surface area contributed by atoms with Gasteiger partial charge in [-0.05, 0) is 55.3 Å². The molecule has 0 spiro atoms. The van der Waals surface area contributed by atoms with Gasteiger partial charge in [-0.25, -0.2) is 0 Å². The number of hydrogen-bond donors (Lipinski definition) is 2. The molecule has 2 atom stereocenters. The minimum absolute atomic E-state index is 0.0670. The number of aliphatic carboxylic acids is 1. The van der Waals surface area contributed by atoms with Crippen LogP contribution in [0.4, 0.5) is 0 Å². The van der Waals surface area contributed by atoms with Gasteiger partial charge in [-0.3, -0.25) is 9.59 Å². The van der Waals surface area contributed by atoms with Crippen LogP contribution in [0.3, 0.4) is 0 Å². The average molecular weight is 451 g/mol. The lowest BCUT2D eigenvalue weighted by Crippen LogP contribution is -2.25. The Morgan fingerprint density at radius 1 is 0.970 bits per heavy atom. The molecule has 3 rings (SSSR count). The average Bonchev–Trinajstić information content (AvgIpc) is 2.79. The number of Topliss-reactive ketones (excluding diaryl/α,β-unsaturated/α-hetero) is 1. The summed E-state index contributed by atoms with van der Waals surface area (Å²) in [7, 11) is 0. The first kappa shape index (κ1) is 24.1. The molecule has 0 aliphatic rings. The highest BCUT2D eigenvalue weighted by Gasteiger charge is 2.23. The number of fused-ring (bicyclic) bond motifs is 1.